The minimum atomic E-state index is -0.155. The number of hydrogen-bond donors (Lipinski definition) is 2. The first-order valence-electron chi connectivity index (χ1n) is 9.29. The van der Waals surface area contributed by atoms with Gasteiger partial charge in [-0.2, -0.15) is 0 Å². The fraction of sp³-hybridized carbons (Fsp3) is 0.750. The van der Waals surface area contributed by atoms with Crippen molar-refractivity contribution >= 4 is 11.7 Å². The van der Waals surface area contributed by atoms with Gasteiger partial charge in [0.1, 0.15) is 0 Å². The Morgan fingerprint density at radius 3 is 2.75 bits per heavy atom. The van der Waals surface area contributed by atoms with Crippen LogP contribution in [0.2, 0.25) is 0 Å². The molecule has 4 nitrogen and oxygen atoms in total. The molecule has 3 saturated carbocycles. The lowest BCUT2D eigenvalue weighted by Crippen LogP contribution is -2.51. The SMILES string of the molecule is C[C@]12CC[C@H]3[C@@H](CCC4=CC(=O)C(=C=NO)C[C@@]43C)[C@@H]1CC[C@@H]2O. The second-order valence-corrected chi connectivity index (χ2v) is 8.87. The third-order valence-corrected chi connectivity index (χ3v) is 8.02. The van der Waals surface area contributed by atoms with Gasteiger partial charge in [0.15, 0.2) is 5.78 Å². The largest absolute Gasteiger partial charge is 0.404 e. The van der Waals surface area contributed by atoms with Crippen LogP contribution in [0.3, 0.4) is 0 Å². The van der Waals surface area contributed by atoms with Gasteiger partial charge >= 0.3 is 0 Å². The summed E-state index contributed by atoms with van der Waals surface area (Å²) >= 11 is 0. The van der Waals surface area contributed by atoms with Gasteiger partial charge in [-0.05, 0) is 84.8 Å². The maximum Gasteiger partial charge on any atom is 0.191 e. The van der Waals surface area contributed by atoms with Crippen molar-refractivity contribution in [2.75, 3.05) is 0 Å². The maximum atomic E-state index is 12.2. The summed E-state index contributed by atoms with van der Waals surface area (Å²) in [5, 5.41) is 22.3. The first-order valence-corrected chi connectivity index (χ1v) is 9.29. The van der Waals surface area contributed by atoms with Crippen LogP contribution in [0.1, 0.15) is 58.8 Å². The normalized spacial score (nSPS) is 47.2. The minimum absolute atomic E-state index is 0.0290. The van der Waals surface area contributed by atoms with Gasteiger partial charge in [-0.1, -0.05) is 19.4 Å². The average Bonchev–Trinajstić information content (AvgIpc) is 2.85. The highest BCUT2D eigenvalue weighted by molar-refractivity contribution is 6.11. The predicted molar refractivity (Wildman–Crippen MR) is 90.8 cm³/mol. The standard InChI is InChI=1S/C20H27NO3/c1-19-8-7-16-14(15(19)5-6-18(19)23)4-3-13-9-17(22)12(11-21-24)10-20(13,16)2/h9,14-16,18,23-24H,3-8,10H2,1-2H3/t14-,15-,16-,18-,19-,20-/m0/s1. The fourth-order valence-electron chi connectivity index (χ4n) is 6.64. The van der Waals surface area contributed by atoms with Crippen molar-refractivity contribution in [2.45, 2.75) is 64.9 Å². The van der Waals surface area contributed by atoms with Crippen molar-refractivity contribution in [1.29, 1.82) is 0 Å². The van der Waals surface area contributed by atoms with Crippen molar-refractivity contribution in [3.8, 4) is 0 Å². The number of nitrogens with zero attached hydrogens (tertiary/aromatic N) is 1. The molecule has 0 aromatic rings. The average molecular weight is 329 g/mol. The molecule has 24 heavy (non-hydrogen) atoms. The van der Waals surface area contributed by atoms with Gasteiger partial charge in [-0.25, -0.2) is 0 Å². The second-order valence-electron chi connectivity index (χ2n) is 8.87. The van der Waals surface area contributed by atoms with E-state index in [4.69, 9.17) is 5.21 Å². The van der Waals surface area contributed by atoms with E-state index in [1.165, 1.54) is 5.57 Å². The van der Waals surface area contributed by atoms with Crippen LogP contribution in [-0.2, 0) is 4.79 Å². The molecule has 0 aromatic carbocycles. The molecule has 0 aromatic heterocycles. The van der Waals surface area contributed by atoms with Crippen LogP contribution in [0.5, 0.6) is 0 Å². The Bertz CT molecular complexity index is 674. The van der Waals surface area contributed by atoms with E-state index < -0.39 is 0 Å². The molecule has 0 unspecified atom stereocenters. The number of rotatable bonds is 0. The summed E-state index contributed by atoms with van der Waals surface area (Å²) in [7, 11) is 0. The molecule has 0 radical (unpaired) electrons. The van der Waals surface area contributed by atoms with E-state index >= 15 is 0 Å². The highest BCUT2D eigenvalue weighted by Gasteiger charge is 2.59. The van der Waals surface area contributed by atoms with Crippen molar-refractivity contribution in [1.82, 2.24) is 0 Å². The van der Waals surface area contributed by atoms with Crippen molar-refractivity contribution in [3.05, 3.63) is 17.2 Å². The fourth-order valence-corrected chi connectivity index (χ4v) is 6.64. The van der Waals surface area contributed by atoms with Gasteiger partial charge in [0.2, 0.25) is 0 Å². The molecule has 4 rings (SSSR count). The van der Waals surface area contributed by atoms with E-state index in [0.717, 1.165) is 38.5 Å². The number of carbonyl (C=O) groups excluding carboxylic acids is 1. The Morgan fingerprint density at radius 2 is 2.00 bits per heavy atom. The number of hydrogen-bond acceptors (Lipinski definition) is 4. The zero-order chi connectivity index (χ0) is 17.1. The molecule has 4 aliphatic carbocycles. The first kappa shape index (κ1) is 16.1. The van der Waals surface area contributed by atoms with Crippen LogP contribution in [0, 0.1) is 28.6 Å². The van der Waals surface area contributed by atoms with E-state index in [2.05, 4.69) is 24.9 Å². The molecule has 0 aliphatic heterocycles. The number of aliphatic hydroxyl groups excluding tert-OH is 1. The zero-order valence-corrected chi connectivity index (χ0v) is 14.6. The van der Waals surface area contributed by atoms with Gasteiger partial charge in [-0.3, -0.25) is 4.79 Å². The van der Waals surface area contributed by atoms with Crippen LogP contribution < -0.4 is 0 Å². The Labute approximate surface area is 143 Å². The number of aliphatic hydroxyl groups is 1. The first-order chi connectivity index (χ1) is 11.4. The number of fused-ring (bicyclic) bond motifs is 5. The molecule has 0 bridgehead atoms. The van der Waals surface area contributed by atoms with Crippen LogP contribution in [0.25, 0.3) is 0 Å². The summed E-state index contributed by atoms with van der Waals surface area (Å²) in [6.07, 6.45) is 8.63. The van der Waals surface area contributed by atoms with E-state index in [-0.39, 0.29) is 22.7 Å². The van der Waals surface area contributed by atoms with Gasteiger partial charge in [0.05, 0.1) is 11.7 Å². The van der Waals surface area contributed by atoms with Gasteiger partial charge in [0, 0.05) is 5.87 Å². The third-order valence-electron chi connectivity index (χ3n) is 8.02. The highest BCUT2D eigenvalue weighted by atomic mass is 16.4. The summed E-state index contributed by atoms with van der Waals surface area (Å²) < 4.78 is 0. The van der Waals surface area contributed by atoms with Gasteiger partial charge in [0.25, 0.3) is 0 Å². The molecule has 0 amide bonds. The van der Waals surface area contributed by atoms with E-state index in [1.54, 1.807) is 6.08 Å². The molecule has 0 heterocycles. The predicted octanol–water partition coefficient (Wildman–Crippen LogP) is 3.47. The van der Waals surface area contributed by atoms with Crippen LogP contribution >= 0.6 is 0 Å². The Hall–Kier alpha value is -1.38. The van der Waals surface area contributed by atoms with Gasteiger partial charge in [-0.15, -0.1) is 0 Å². The van der Waals surface area contributed by atoms with Crippen molar-refractivity contribution in [3.63, 3.8) is 0 Å². The third kappa shape index (κ3) is 2.02. The molecule has 130 valence electrons. The molecule has 0 saturated heterocycles. The topological polar surface area (TPSA) is 69.9 Å². The van der Waals surface area contributed by atoms with E-state index in [0.29, 0.717) is 29.7 Å². The van der Waals surface area contributed by atoms with E-state index in [9.17, 15) is 9.90 Å². The Balaban J connectivity index is 1.72. The van der Waals surface area contributed by atoms with Crippen LogP contribution in [0.4, 0.5) is 0 Å². The van der Waals surface area contributed by atoms with Crippen LogP contribution in [0.15, 0.2) is 22.4 Å². The van der Waals surface area contributed by atoms with E-state index in [1.807, 2.05) is 0 Å². The maximum absolute atomic E-state index is 12.2. The summed E-state index contributed by atoms with van der Waals surface area (Å²) in [4.78, 5) is 12.2. The molecule has 3 fully saturated rings. The molecule has 0 spiro atoms. The lowest BCUT2D eigenvalue weighted by Gasteiger charge is -2.57. The summed E-state index contributed by atoms with van der Waals surface area (Å²) in [6, 6.07) is 0. The molecule has 4 aliphatic rings. The molecule has 2 N–H and O–H groups in total. The van der Waals surface area contributed by atoms with Gasteiger partial charge < -0.3 is 10.3 Å². The van der Waals surface area contributed by atoms with Crippen molar-refractivity contribution < 1.29 is 15.1 Å². The Morgan fingerprint density at radius 1 is 1.21 bits per heavy atom. The summed E-state index contributed by atoms with van der Waals surface area (Å²) in [6.45, 7) is 4.57. The quantitative estimate of drug-likeness (QED) is 0.309. The monoisotopic (exact) mass is 329 g/mol. The minimum Gasteiger partial charge on any atom is -0.404 e. The molecule has 4 heteroatoms. The smallest absolute Gasteiger partial charge is 0.191 e. The molecule has 6 atom stereocenters. The molecular formula is C20H27NO3. The lowest BCUT2D eigenvalue weighted by atomic mass is 9.47. The van der Waals surface area contributed by atoms with Crippen molar-refractivity contribution in [2.24, 2.45) is 33.7 Å². The lowest BCUT2D eigenvalue weighted by molar-refractivity contribution is -0.113. The molecular weight excluding hydrogens is 302 g/mol. The number of carbonyl (C=O) groups is 1. The Kier molecular flexibility index (Phi) is 3.56. The second kappa shape index (κ2) is 5.31. The summed E-state index contributed by atoms with van der Waals surface area (Å²) in [5.41, 5.74) is 1.83. The number of allylic oxidation sites excluding steroid dienone is 2. The zero-order valence-electron chi connectivity index (χ0n) is 14.6. The highest BCUT2D eigenvalue weighted by Crippen LogP contribution is 2.65. The summed E-state index contributed by atoms with van der Waals surface area (Å²) in [5.74, 6) is 4.24. The van der Waals surface area contributed by atoms with Crippen LogP contribution in [-0.4, -0.2) is 28.1 Å². The number of ketones is 1.